The highest BCUT2D eigenvalue weighted by molar-refractivity contribution is 5.60. The zero-order chi connectivity index (χ0) is 13.0. The summed E-state index contributed by atoms with van der Waals surface area (Å²) in [5.41, 5.74) is 1.08. The van der Waals surface area contributed by atoms with Crippen molar-refractivity contribution in [2.24, 2.45) is 0 Å². The molecule has 18 heavy (non-hydrogen) atoms. The average Bonchev–Trinajstić information content (AvgIpc) is 2.63. The summed E-state index contributed by atoms with van der Waals surface area (Å²) in [4.78, 5) is 2.05. The Balaban J connectivity index is 2.36. The van der Waals surface area contributed by atoms with Crippen LogP contribution in [0.15, 0.2) is 18.2 Å². The van der Waals surface area contributed by atoms with E-state index in [1.807, 2.05) is 11.0 Å². The molecule has 0 aliphatic carbocycles. The first-order chi connectivity index (χ1) is 8.76. The standard InChI is InChI=1S/C14H17FN2O/c15-12-5-6-14(11(8-12)9-16)17-7-3-1-2-4-13(17)10-18/h5-6,8,13,18H,1-4,7,10H2. The Hall–Kier alpha value is -1.60. The summed E-state index contributed by atoms with van der Waals surface area (Å²) in [5.74, 6) is -0.398. The van der Waals surface area contributed by atoms with Gasteiger partial charge in [0.05, 0.1) is 23.9 Å². The molecule has 1 aromatic rings. The number of benzene rings is 1. The molecule has 0 radical (unpaired) electrons. The van der Waals surface area contributed by atoms with E-state index in [2.05, 4.69) is 0 Å². The molecule has 96 valence electrons. The van der Waals surface area contributed by atoms with Crippen molar-refractivity contribution in [1.29, 1.82) is 5.26 Å². The number of aliphatic hydroxyl groups is 1. The Kier molecular flexibility index (Phi) is 4.16. The summed E-state index contributed by atoms with van der Waals surface area (Å²) in [6, 6.07) is 6.34. The molecule has 1 aliphatic rings. The lowest BCUT2D eigenvalue weighted by atomic mass is 10.1. The molecule has 1 N–H and O–H groups in total. The first kappa shape index (κ1) is 12.8. The molecule has 1 unspecified atom stereocenters. The summed E-state index contributed by atoms with van der Waals surface area (Å²) >= 11 is 0. The van der Waals surface area contributed by atoms with Gasteiger partial charge in [-0.2, -0.15) is 5.26 Å². The van der Waals surface area contributed by atoms with E-state index in [1.54, 1.807) is 6.07 Å². The second-order valence-corrected chi connectivity index (χ2v) is 4.65. The van der Waals surface area contributed by atoms with E-state index in [0.717, 1.165) is 37.9 Å². The fraction of sp³-hybridized carbons (Fsp3) is 0.500. The Morgan fingerprint density at radius 1 is 1.39 bits per heavy atom. The van der Waals surface area contributed by atoms with Crippen molar-refractivity contribution in [1.82, 2.24) is 0 Å². The fourth-order valence-electron chi connectivity index (χ4n) is 2.53. The molecule has 0 aromatic heterocycles. The van der Waals surface area contributed by atoms with Crippen LogP contribution in [0.3, 0.4) is 0 Å². The molecule has 1 aromatic carbocycles. The van der Waals surface area contributed by atoms with Crippen molar-refractivity contribution in [3.8, 4) is 6.07 Å². The van der Waals surface area contributed by atoms with Crippen LogP contribution in [0, 0.1) is 17.1 Å². The molecule has 1 fully saturated rings. The van der Waals surface area contributed by atoms with E-state index in [1.165, 1.54) is 12.1 Å². The van der Waals surface area contributed by atoms with Gasteiger partial charge in [-0.05, 0) is 31.0 Å². The number of aliphatic hydroxyl groups excluding tert-OH is 1. The third-order valence-electron chi connectivity index (χ3n) is 3.48. The first-order valence-electron chi connectivity index (χ1n) is 6.33. The average molecular weight is 248 g/mol. The maximum absolute atomic E-state index is 13.1. The first-order valence-corrected chi connectivity index (χ1v) is 6.33. The smallest absolute Gasteiger partial charge is 0.124 e. The van der Waals surface area contributed by atoms with E-state index in [0.29, 0.717) is 5.56 Å². The van der Waals surface area contributed by atoms with E-state index in [-0.39, 0.29) is 12.6 Å². The van der Waals surface area contributed by atoms with Gasteiger partial charge in [-0.3, -0.25) is 0 Å². The second-order valence-electron chi connectivity index (χ2n) is 4.65. The van der Waals surface area contributed by atoms with Gasteiger partial charge in [0.25, 0.3) is 0 Å². The van der Waals surface area contributed by atoms with Crippen LogP contribution in [0.5, 0.6) is 0 Å². The lowest BCUT2D eigenvalue weighted by Crippen LogP contribution is -2.38. The molecule has 0 amide bonds. The van der Waals surface area contributed by atoms with Crippen LogP contribution in [0.1, 0.15) is 31.2 Å². The summed E-state index contributed by atoms with van der Waals surface area (Å²) in [6.45, 7) is 0.883. The maximum atomic E-state index is 13.1. The Morgan fingerprint density at radius 3 is 2.94 bits per heavy atom. The minimum Gasteiger partial charge on any atom is -0.394 e. The zero-order valence-corrected chi connectivity index (χ0v) is 10.3. The van der Waals surface area contributed by atoms with Crippen LogP contribution in [-0.4, -0.2) is 24.3 Å². The number of halogens is 1. The van der Waals surface area contributed by atoms with Gasteiger partial charge in [-0.25, -0.2) is 4.39 Å². The maximum Gasteiger partial charge on any atom is 0.124 e. The summed E-state index contributed by atoms with van der Waals surface area (Å²) < 4.78 is 13.1. The van der Waals surface area contributed by atoms with Gasteiger partial charge in [0.15, 0.2) is 0 Å². The molecule has 1 heterocycles. The van der Waals surface area contributed by atoms with E-state index in [9.17, 15) is 9.50 Å². The predicted molar refractivity (Wildman–Crippen MR) is 67.8 cm³/mol. The van der Waals surface area contributed by atoms with Crippen molar-refractivity contribution >= 4 is 5.69 Å². The molecular weight excluding hydrogens is 231 g/mol. The molecule has 1 saturated heterocycles. The molecule has 3 nitrogen and oxygen atoms in total. The third-order valence-corrected chi connectivity index (χ3v) is 3.48. The Labute approximate surface area is 106 Å². The largest absolute Gasteiger partial charge is 0.394 e. The van der Waals surface area contributed by atoms with E-state index in [4.69, 9.17) is 5.26 Å². The van der Waals surface area contributed by atoms with Gasteiger partial charge in [0.2, 0.25) is 0 Å². The molecule has 0 spiro atoms. The van der Waals surface area contributed by atoms with Gasteiger partial charge in [-0.1, -0.05) is 12.8 Å². The van der Waals surface area contributed by atoms with Crippen LogP contribution in [0.25, 0.3) is 0 Å². The van der Waals surface area contributed by atoms with E-state index >= 15 is 0 Å². The van der Waals surface area contributed by atoms with Crippen molar-refractivity contribution in [2.45, 2.75) is 31.7 Å². The third kappa shape index (κ3) is 2.62. The van der Waals surface area contributed by atoms with Crippen molar-refractivity contribution in [3.63, 3.8) is 0 Å². The van der Waals surface area contributed by atoms with Gasteiger partial charge >= 0.3 is 0 Å². The number of anilines is 1. The van der Waals surface area contributed by atoms with Gasteiger partial charge in [0, 0.05) is 6.54 Å². The summed E-state index contributed by atoms with van der Waals surface area (Å²) in [6.07, 6.45) is 4.18. The number of nitriles is 1. The van der Waals surface area contributed by atoms with Crippen molar-refractivity contribution in [2.75, 3.05) is 18.1 Å². The van der Waals surface area contributed by atoms with Crippen LogP contribution >= 0.6 is 0 Å². The SMILES string of the molecule is N#Cc1cc(F)ccc1N1CCCCCC1CO. The molecule has 4 heteroatoms. The number of nitrogens with zero attached hydrogens (tertiary/aromatic N) is 2. The minimum atomic E-state index is -0.398. The number of hydrogen-bond acceptors (Lipinski definition) is 3. The Morgan fingerprint density at radius 2 is 2.22 bits per heavy atom. The number of hydrogen-bond donors (Lipinski definition) is 1. The molecule has 2 rings (SSSR count). The van der Waals surface area contributed by atoms with Gasteiger partial charge in [0.1, 0.15) is 11.9 Å². The van der Waals surface area contributed by atoms with Gasteiger partial charge in [-0.15, -0.1) is 0 Å². The monoisotopic (exact) mass is 248 g/mol. The van der Waals surface area contributed by atoms with Crippen molar-refractivity contribution < 1.29 is 9.50 Å². The van der Waals surface area contributed by atoms with Crippen LogP contribution in [0.2, 0.25) is 0 Å². The fourth-order valence-corrected chi connectivity index (χ4v) is 2.53. The topological polar surface area (TPSA) is 47.3 Å². The van der Waals surface area contributed by atoms with Crippen LogP contribution in [-0.2, 0) is 0 Å². The summed E-state index contributed by atoms with van der Waals surface area (Å²) in [7, 11) is 0. The minimum absolute atomic E-state index is 0.0325. The number of rotatable bonds is 2. The lowest BCUT2D eigenvalue weighted by molar-refractivity contribution is 0.255. The molecule has 0 bridgehead atoms. The second kappa shape index (κ2) is 5.83. The molecule has 1 aliphatic heterocycles. The normalized spacial score (nSPS) is 20.3. The lowest BCUT2D eigenvalue weighted by Gasteiger charge is -2.31. The quantitative estimate of drug-likeness (QED) is 0.874. The Bertz CT molecular complexity index is 456. The molecule has 0 saturated carbocycles. The molecule has 1 atom stereocenters. The highest BCUT2D eigenvalue weighted by Gasteiger charge is 2.22. The highest BCUT2D eigenvalue weighted by Crippen LogP contribution is 2.27. The zero-order valence-electron chi connectivity index (χ0n) is 10.3. The predicted octanol–water partition coefficient (Wildman–Crippen LogP) is 2.44. The van der Waals surface area contributed by atoms with Crippen molar-refractivity contribution in [3.05, 3.63) is 29.6 Å². The van der Waals surface area contributed by atoms with Crippen LogP contribution < -0.4 is 4.90 Å². The van der Waals surface area contributed by atoms with E-state index < -0.39 is 5.82 Å². The van der Waals surface area contributed by atoms with Gasteiger partial charge < -0.3 is 10.0 Å². The summed E-state index contributed by atoms with van der Waals surface area (Å²) in [5, 5.41) is 18.6. The highest BCUT2D eigenvalue weighted by atomic mass is 19.1. The van der Waals surface area contributed by atoms with Crippen LogP contribution in [0.4, 0.5) is 10.1 Å². The molecular formula is C14H17FN2O.